The molecule has 2 N–H and O–H groups in total. The molecule has 0 unspecified atom stereocenters. The van der Waals surface area contributed by atoms with Crippen molar-refractivity contribution < 1.29 is 5.11 Å². The molecule has 3 aromatic rings. The van der Waals surface area contributed by atoms with Gasteiger partial charge in [0.05, 0.1) is 23.0 Å². The minimum Gasteiger partial charge on any atom is -0.390 e. The summed E-state index contributed by atoms with van der Waals surface area (Å²) in [6.45, 7) is 7.83. The summed E-state index contributed by atoms with van der Waals surface area (Å²) in [7, 11) is 0. The Bertz CT molecular complexity index is 870. The zero-order valence-corrected chi connectivity index (χ0v) is 15.1. The van der Waals surface area contributed by atoms with Crippen molar-refractivity contribution in [2.45, 2.75) is 45.3 Å². The first-order valence-electron chi connectivity index (χ1n) is 8.39. The fourth-order valence-electron chi connectivity index (χ4n) is 3.34. The van der Waals surface area contributed by atoms with Crippen molar-refractivity contribution in [2.75, 3.05) is 5.32 Å². The number of hydrogen-bond donors (Lipinski definition) is 2. The van der Waals surface area contributed by atoms with Gasteiger partial charge in [-0.1, -0.05) is 0 Å². The molecule has 0 fully saturated rings. The molecular weight excluding hydrogens is 312 g/mol. The second-order valence-corrected chi connectivity index (χ2v) is 7.68. The van der Waals surface area contributed by atoms with Crippen LogP contribution in [0.25, 0.3) is 22.2 Å². The van der Waals surface area contributed by atoms with Crippen molar-refractivity contribution in [3.05, 3.63) is 49.1 Å². The molecule has 0 amide bonds. The van der Waals surface area contributed by atoms with Crippen LogP contribution in [-0.2, 0) is 0 Å². The Balaban J connectivity index is 2.07. The number of aliphatic hydroxyl groups is 1. The molecule has 0 radical (unpaired) electrons. The van der Waals surface area contributed by atoms with E-state index in [1.54, 1.807) is 24.8 Å². The van der Waals surface area contributed by atoms with Crippen LogP contribution in [0.15, 0.2) is 49.1 Å². The minimum atomic E-state index is -0.755. The lowest BCUT2D eigenvalue weighted by molar-refractivity contribution is 0.0551. The van der Waals surface area contributed by atoms with E-state index in [-0.39, 0.29) is 5.54 Å². The van der Waals surface area contributed by atoms with Gasteiger partial charge in [-0.3, -0.25) is 9.97 Å². The average molecular weight is 336 g/mol. The average Bonchev–Trinajstić information content (AvgIpc) is 2.53. The highest BCUT2D eigenvalue weighted by Gasteiger charge is 2.27. The monoisotopic (exact) mass is 336 g/mol. The van der Waals surface area contributed by atoms with E-state index in [0.29, 0.717) is 6.42 Å². The van der Waals surface area contributed by atoms with E-state index >= 15 is 0 Å². The van der Waals surface area contributed by atoms with Gasteiger partial charge in [-0.2, -0.15) is 0 Å². The first kappa shape index (κ1) is 17.3. The third-order valence-corrected chi connectivity index (χ3v) is 3.94. The summed E-state index contributed by atoms with van der Waals surface area (Å²) in [4.78, 5) is 13.0. The third-order valence-electron chi connectivity index (χ3n) is 3.94. The van der Waals surface area contributed by atoms with Crippen LogP contribution in [0.3, 0.4) is 0 Å². The Morgan fingerprint density at radius 1 is 1.00 bits per heavy atom. The first-order chi connectivity index (χ1) is 11.7. The molecule has 5 nitrogen and oxygen atoms in total. The highest BCUT2D eigenvalue weighted by atomic mass is 16.3. The molecule has 0 bridgehead atoms. The highest BCUT2D eigenvalue weighted by molar-refractivity contribution is 5.93. The maximum atomic E-state index is 10.2. The van der Waals surface area contributed by atoms with Gasteiger partial charge >= 0.3 is 0 Å². The van der Waals surface area contributed by atoms with E-state index in [2.05, 4.69) is 29.1 Å². The van der Waals surface area contributed by atoms with E-state index in [1.165, 1.54) is 0 Å². The third kappa shape index (κ3) is 4.31. The molecule has 3 aromatic heterocycles. The van der Waals surface area contributed by atoms with Crippen molar-refractivity contribution in [1.82, 2.24) is 15.0 Å². The van der Waals surface area contributed by atoms with Gasteiger partial charge in [0, 0.05) is 40.8 Å². The molecule has 0 aliphatic carbocycles. The summed E-state index contributed by atoms with van der Waals surface area (Å²) in [5, 5.41) is 14.8. The van der Waals surface area contributed by atoms with Crippen molar-refractivity contribution in [1.29, 1.82) is 0 Å². The number of fused-ring (bicyclic) bond motifs is 1. The lowest BCUT2D eigenvalue weighted by Gasteiger charge is -2.33. The summed E-state index contributed by atoms with van der Waals surface area (Å²) in [5.41, 5.74) is 2.64. The summed E-state index contributed by atoms with van der Waals surface area (Å²) in [6, 6.07) is 7.89. The van der Waals surface area contributed by atoms with E-state index in [0.717, 1.165) is 27.8 Å². The van der Waals surface area contributed by atoms with Gasteiger partial charge in [0.15, 0.2) is 0 Å². The van der Waals surface area contributed by atoms with Crippen LogP contribution in [0.5, 0.6) is 0 Å². The van der Waals surface area contributed by atoms with Gasteiger partial charge in [-0.05, 0) is 58.4 Å². The second kappa shape index (κ2) is 6.41. The van der Waals surface area contributed by atoms with E-state index < -0.39 is 5.60 Å². The van der Waals surface area contributed by atoms with E-state index in [4.69, 9.17) is 4.98 Å². The van der Waals surface area contributed by atoms with Crippen LogP contribution in [0.4, 0.5) is 5.69 Å². The molecule has 0 aromatic carbocycles. The molecule has 3 heterocycles. The number of hydrogen-bond acceptors (Lipinski definition) is 5. The lowest BCUT2D eigenvalue weighted by atomic mass is 9.89. The van der Waals surface area contributed by atoms with Gasteiger partial charge in [-0.25, -0.2) is 4.98 Å². The van der Waals surface area contributed by atoms with Gasteiger partial charge in [0.2, 0.25) is 0 Å². The number of rotatable bonds is 5. The van der Waals surface area contributed by atoms with Gasteiger partial charge in [0.1, 0.15) is 0 Å². The Morgan fingerprint density at radius 2 is 1.68 bits per heavy atom. The van der Waals surface area contributed by atoms with Gasteiger partial charge in [-0.15, -0.1) is 0 Å². The number of nitrogens with zero attached hydrogens (tertiary/aromatic N) is 3. The highest BCUT2D eigenvalue weighted by Crippen LogP contribution is 2.31. The molecule has 0 aliphatic rings. The predicted octanol–water partition coefficient (Wildman–Crippen LogP) is 4.04. The Labute approximate surface area is 148 Å². The van der Waals surface area contributed by atoms with Crippen molar-refractivity contribution in [2.24, 2.45) is 0 Å². The van der Waals surface area contributed by atoms with Crippen molar-refractivity contribution in [3.63, 3.8) is 0 Å². The number of nitrogens with one attached hydrogen (secondary N) is 1. The maximum absolute atomic E-state index is 10.2. The van der Waals surface area contributed by atoms with Crippen LogP contribution in [0.1, 0.15) is 34.1 Å². The first-order valence-corrected chi connectivity index (χ1v) is 8.39. The van der Waals surface area contributed by atoms with Crippen LogP contribution >= 0.6 is 0 Å². The fourth-order valence-corrected chi connectivity index (χ4v) is 3.34. The van der Waals surface area contributed by atoms with Crippen LogP contribution in [-0.4, -0.2) is 31.2 Å². The molecule has 0 saturated carbocycles. The summed E-state index contributed by atoms with van der Waals surface area (Å²) < 4.78 is 0. The molecular formula is C20H24N4O. The maximum Gasteiger partial charge on any atom is 0.0913 e. The zero-order chi connectivity index (χ0) is 18.1. The van der Waals surface area contributed by atoms with Crippen molar-refractivity contribution >= 4 is 16.6 Å². The van der Waals surface area contributed by atoms with Crippen LogP contribution in [0.2, 0.25) is 0 Å². The zero-order valence-electron chi connectivity index (χ0n) is 15.1. The quantitative estimate of drug-likeness (QED) is 0.736. The summed E-state index contributed by atoms with van der Waals surface area (Å²) >= 11 is 0. The SMILES string of the molecule is CC(C)(O)CC(C)(C)Nc1cc(-c2ccncc2)nc2cnccc12. The molecule has 0 spiro atoms. The van der Waals surface area contributed by atoms with Gasteiger partial charge < -0.3 is 10.4 Å². The molecule has 0 saturated heterocycles. The topological polar surface area (TPSA) is 70.9 Å². The normalized spacial score (nSPS) is 12.4. The van der Waals surface area contributed by atoms with Gasteiger partial charge in [0.25, 0.3) is 0 Å². The second-order valence-electron chi connectivity index (χ2n) is 7.68. The smallest absolute Gasteiger partial charge is 0.0913 e. The Hall–Kier alpha value is -2.53. The lowest BCUT2D eigenvalue weighted by Crippen LogP contribution is -2.39. The molecule has 3 rings (SSSR count). The molecule has 0 atom stereocenters. The molecule has 130 valence electrons. The molecule has 5 heteroatoms. The minimum absolute atomic E-state index is 0.286. The Morgan fingerprint density at radius 3 is 2.36 bits per heavy atom. The number of anilines is 1. The van der Waals surface area contributed by atoms with Crippen LogP contribution in [0, 0.1) is 0 Å². The van der Waals surface area contributed by atoms with Crippen molar-refractivity contribution in [3.8, 4) is 11.3 Å². The fraction of sp³-hybridized carbons (Fsp3) is 0.350. The van der Waals surface area contributed by atoms with Crippen LogP contribution < -0.4 is 5.32 Å². The predicted molar refractivity (Wildman–Crippen MR) is 101 cm³/mol. The van der Waals surface area contributed by atoms with E-state index in [9.17, 15) is 5.11 Å². The largest absolute Gasteiger partial charge is 0.390 e. The number of pyridine rings is 3. The number of aromatic nitrogens is 3. The Kier molecular flexibility index (Phi) is 4.43. The summed E-state index contributed by atoms with van der Waals surface area (Å²) in [6.07, 6.45) is 7.67. The molecule has 25 heavy (non-hydrogen) atoms. The standard InChI is InChI=1S/C20H24N4O/c1-19(2,13-20(3,4)25)24-17-11-16(14-5-8-21-9-6-14)23-18-12-22-10-7-15(17)18/h5-12,25H,13H2,1-4H3,(H,23,24). The molecule has 0 aliphatic heterocycles. The van der Waals surface area contributed by atoms with E-state index in [1.807, 2.05) is 38.1 Å². The summed E-state index contributed by atoms with van der Waals surface area (Å²) in [5.74, 6) is 0.